The minimum atomic E-state index is -0.132. The van der Waals surface area contributed by atoms with Crippen molar-refractivity contribution in [3.63, 3.8) is 0 Å². The zero-order valence-electron chi connectivity index (χ0n) is 7.45. The van der Waals surface area contributed by atoms with Gasteiger partial charge in [-0.25, -0.2) is 0 Å². The van der Waals surface area contributed by atoms with Gasteiger partial charge in [0.25, 0.3) is 0 Å². The van der Waals surface area contributed by atoms with Gasteiger partial charge >= 0.3 is 0 Å². The average molecular weight is 198 g/mol. The van der Waals surface area contributed by atoms with Gasteiger partial charge in [0.05, 0.1) is 6.61 Å². The number of aliphatic hydroxyl groups excluding tert-OH is 1. The predicted molar refractivity (Wildman–Crippen MR) is 61.8 cm³/mol. The van der Waals surface area contributed by atoms with Crippen molar-refractivity contribution in [1.29, 1.82) is 0 Å². The molecule has 1 rings (SSSR count). The SMILES string of the molecule is C.C.Cc1ccc(OC(C)CO)cc1. The van der Waals surface area contributed by atoms with E-state index in [4.69, 9.17) is 9.84 Å². The lowest BCUT2D eigenvalue weighted by molar-refractivity contribution is 0.130. The fraction of sp³-hybridized carbons (Fsp3) is 0.500. The second kappa shape index (κ2) is 7.39. The Hall–Kier alpha value is -1.02. The van der Waals surface area contributed by atoms with Gasteiger partial charge in [-0.2, -0.15) is 0 Å². The molecule has 82 valence electrons. The topological polar surface area (TPSA) is 29.5 Å². The molecule has 0 aliphatic heterocycles. The van der Waals surface area contributed by atoms with Crippen LogP contribution in [0, 0.1) is 6.92 Å². The Bertz CT molecular complexity index is 229. The molecule has 0 saturated carbocycles. The van der Waals surface area contributed by atoms with Crippen LogP contribution >= 0.6 is 0 Å². The van der Waals surface area contributed by atoms with Crippen molar-refractivity contribution in [3.8, 4) is 5.75 Å². The second-order valence-electron chi connectivity index (χ2n) is 2.92. The summed E-state index contributed by atoms with van der Waals surface area (Å²) in [4.78, 5) is 0. The van der Waals surface area contributed by atoms with E-state index in [1.165, 1.54) is 5.56 Å². The molecule has 1 unspecified atom stereocenters. The minimum absolute atomic E-state index is 0. The number of hydrogen-bond donors (Lipinski definition) is 1. The van der Waals surface area contributed by atoms with Crippen LogP contribution in [0.1, 0.15) is 27.3 Å². The standard InChI is InChI=1S/C10H14O2.2CH4/c1-8-3-5-10(6-4-8)12-9(2)7-11;;/h3-6,9,11H,7H2,1-2H3;2*1H4. The summed E-state index contributed by atoms with van der Waals surface area (Å²) in [5.74, 6) is 0.808. The van der Waals surface area contributed by atoms with Crippen molar-refractivity contribution in [2.75, 3.05) is 6.61 Å². The summed E-state index contributed by atoms with van der Waals surface area (Å²) >= 11 is 0. The van der Waals surface area contributed by atoms with Crippen molar-refractivity contribution in [1.82, 2.24) is 0 Å². The molecule has 0 spiro atoms. The summed E-state index contributed by atoms with van der Waals surface area (Å²) < 4.78 is 5.37. The Morgan fingerprint density at radius 3 is 2.14 bits per heavy atom. The van der Waals surface area contributed by atoms with Gasteiger partial charge in [0.15, 0.2) is 0 Å². The molecule has 0 aromatic heterocycles. The number of aryl methyl sites for hydroxylation is 1. The fourth-order valence-corrected chi connectivity index (χ4v) is 0.886. The molecule has 1 aromatic carbocycles. The first-order chi connectivity index (χ1) is 5.72. The van der Waals surface area contributed by atoms with Crippen LogP contribution in [-0.2, 0) is 0 Å². The summed E-state index contributed by atoms with van der Waals surface area (Å²) in [7, 11) is 0. The molecule has 1 aromatic rings. The third-order valence-electron chi connectivity index (χ3n) is 1.62. The van der Waals surface area contributed by atoms with E-state index >= 15 is 0 Å². The smallest absolute Gasteiger partial charge is 0.119 e. The van der Waals surface area contributed by atoms with Crippen LogP contribution < -0.4 is 4.74 Å². The maximum Gasteiger partial charge on any atom is 0.119 e. The lowest BCUT2D eigenvalue weighted by Crippen LogP contribution is -2.15. The highest BCUT2D eigenvalue weighted by atomic mass is 16.5. The predicted octanol–water partition coefficient (Wildman–Crippen LogP) is 3.03. The molecule has 0 fully saturated rings. The van der Waals surface area contributed by atoms with Gasteiger partial charge in [0.2, 0.25) is 0 Å². The van der Waals surface area contributed by atoms with Gasteiger partial charge in [0.1, 0.15) is 11.9 Å². The van der Waals surface area contributed by atoms with E-state index in [2.05, 4.69) is 0 Å². The third kappa shape index (κ3) is 4.87. The Morgan fingerprint density at radius 2 is 1.71 bits per heavy atom. The molecule has 0 heterocycles. The molecule has 0 aliphatic carbocycles. The molecule has 0 aliphatic rings. The monoisotopic (exact) mass is 198 g/mol. The third-order valence-corrected chi connectivity index (χ3v) is 1.62. The molecule has 0 radical (unpaired) electrons. The first kappa shape index (κ1) is 15.5. The van der Waals surface area contributed by atoms with Crippen molar-refractivity contribution < 1.29 is 9.84 Å². The maximum atomic E-state index is 8.73. The van der Waals surface area contributed by atoms with Crippen LogP contribution in [0.3, 0.4) is 0 Å². The number of benzene rings is 1. The van der Waals surface area contributed by atoms with Gasteiger partial charge in [-0.3, -0.25) is 0 Å². The fourth-order valence-electron chi connectivity index (χ4n) is 0.886. The lowest BCUT2D eigenvalue weighted by atomic mass is 10.2. The van der Waals surface area contributed by atoms with Crippen LogP contribution in [0.4, 0.5) is 0 Å². The van der Waals surface area contributed by atoms with E-state index < -0.39 is 0 Å². The largest absolute Gasteiger partial charge is 0.488 e. The normalized spacial score (nSPS) is 10.8. The first-order valence-corrected chi connectivity index (χ1v) is 4.06. The van der Waals surface area contributed by atoms with E-state index in [0.29, 0.717) is 0 Å². The number of aliphatic hydroxyl groups is 1. The number of rotatable bonds is 3. The van der Waals surface area contributed by atoms with Crippen molar-refractivity contribution in [2.24, 2.45) is 0 Å². The van der Waals surface area contributed by atoms with E-state index in [9.17, 15) is 0 Å². The van der Waals surface area contributed by atoms with Crippen molar-refractivity contribution in [3.05, 3.63) is 29.8 Å². The van der Waals surface area contributed by atoms with Crippen LogP contribution in [0.25, 0.3) is 0 Å². The number of ether oxygens (including phenoxy) is 1. The molecule has 2 heteroatoms. The van der Waals surface area contributed by atoms with Crippen LogP contribution in [0.15, 0.2) is 24.3 Å². The first-order valence-electron chi connectivity index (χ1n) is 4.06. The van der Waals surface area contributed by atoms with Crippen LogP contribution in [0.5, 0.6) is 5.75 Å². The zero-order valence-corrected chi connectivity index (χ0v) is 7.45. The highest BCUT2D eigenvalue weighted by Gasteiger charge is 2.00. The summed E-state index contributed by atoms with van der Waals surface area (Å²) in [5, 5.41) is 8.73. The van der Waals surface area contributed by atoms with Gasteiger partial charge in [-0.1, -0.05) is 32.5 Å². The molecule has 2 nitrogen and oxygen atoms in total. The summed E-state index contributed by atoms with van der Waals surface area (Å²) in [6, 6.07) is 7.78. The van der Waals surface area contributed by atoms with Crippen LogP contribution in [0.2, 0.25) is 0 Å². The summed E-state index contributed by atoms with van der Waals surface area (Å²) in [5.41, 5.74) is 1.21. The Morgan fingerprint density at radius 1 is 1.21 bits per heavy atom. The minimum Gasteiger partial charge on any atom is -0.488 e. The summed E-state index contributed by atoms with van der Waals surface area (Å²) in [6.45, 7) is 3.91. The molecule has 0 bridgehead atoms. The second-order valence-corrected chi connectivity index (χ2v) is 2.92. The van der Waals surface area contributed by atoms with E-state index in [1.54, 1.807) is 0 Å². The van der Waals surface area contributed by atoms with Crippen molar-refractivity contribution >= 4 is 0 Å². The van der Waals surface area contributed by atoms with Crippen LogP contribution in [-0.4, -0.2) is 17.8 Å². The maximum absolute atomic E-state index is 8.73. The lowest BCUT2D eigenvalue weighted by Gasteiger charge is -2.11. The molecule has 1 N–H and O–H groups in total. The van der Waals surface area contributed by atoms with E-state index in [0.717, 1.165) is 5.75 Å². The van der Waals surface area contributed by atoms with Gasteiger partial charge < -0.3 is 9.84 Å². The summed E-state index contributed by atoms with van der Waals surface area (Å²) in [6.07, 6.45) is -0.132. The average Bonchev–Trinajstić information content (AvgIpc) is 2.09. The molecular formula is C12H22O2. The molecule has 0 saturated heterocycles. The van der Waals surface area contributed by atoms with Gasteiger partial charge in [-0.15, -0.1) is 0 Å². The van der Waals surface area contributed by atoms with Gasteiger partial charge in [-0.05, 0) is 26.0 Å². The van der Waals surface area contributed by atoms with Gasteiger partial charge in [0, 0.05) is 0 Å². The highest BCUT2D eigenvalue weighted by molar-refractivity contribution is 5.26. The molecule has 14 heavy (non-hydrogen) atoms. The number of hydrogen-bond acceptors (Lipinski definition) is 2. The zero-order chi connectivity index (χ0) is 8.97. The van der Waals surface area contributed by atoms with E-state index in [-0.39, 0.29) is 27.6 Å². The Kier molecular flexibility index (Phi) is 8.16. The molecule has 0 amide bonds. The van der Waals surface area contributed by atoms with E-state index in [1.807, 2.05) is 38.1 Å². The Labute approximate surface area is 87.5 Å². The molecular weight excluding hydrogens is 176 g/mol. The highest BCUT2D eigenvalue weighted by Crippen LogP contribution is 2.12. The molecule has 1 atom stereocenters. The Balaban J connectivity index is 0. The quantitative estimate of drug-likeness (QED) is 0.809. The van der Waals surface area contributed by atoms with Crippen molar-refractivity contribution in [2.45, 2.75) is 34.8 Å².